The van der Waals surface area contributed by atoms with Crippen molar-refractivity contribution in [3.63, 3.8) is 0 Å². The molecular formula is C18H19N5. The molecule has 0 bridgehead atoms. The average molecular weight is 305 g/mol. The summed E-state index contributed by atoms with van der Waals surface area (Å²) < 4.78 is 0. The Morgan fingerprint density at radius 2 is 1.78 bits per heavy atom. The van der Waals surface area contributed by atoms with Crippen LogP contribution in [0.2, 0.25) is 0 Å². The van der Waals surface area contributed by atoms with E-state index in [9.17, 15) is 0 Å². The molecule has 0 aliphatic carbocycles. The van der Waals surface area contributed by atoms with Gasteiger partial charge >= 0.3 is 0 Å². The van der Waals surface area contributed by atoms with Gasteiger partial charge in [0.15, 0.2) is 0 Å². The standard InChI is InChI=1S/C18H19N5/c1-13-4-3-5-16(14(13)2)22-18-20-11-8-17(23-18)21-12-15-6-9-19-10-7-15/h3-11H,12H2,1-2H3,(H2,20,21,22,23). The molecule has 0 amide bonds. The number of anilines is 3. The fourth-order valence-electron chi connectivity index (χ4n) is 2.22. The Morgan fingerprint density at radius 3 is 2.61 bits per heavy atom. The number of hydrogen-bond donors (Lipinski definition) is 2. The van der Waals surface area contributed by atoms with Crippen LogP contribution in [0.15, 0.2) is 55.0 Å². The fourth-order valence-corrected chi connectivity index (χ4v) is 2.22. The van der Waals surface area contributed by atoms with Crippen molar-refractivity contribution in [2.75, 3.05) is 10.6 Å². The predicted molar refractivity (Wildman–Crippen MR) is 92.8 cm³/mol. The molecule has 0 saturated heterocycles. The molecule has 0 fully saturated rings. The first-order chi connectivity index (χ1) is 11.2. The largest absolute Gasteiger partial charge is 0.366 e. The first kappa shape index (κ1) is 15.0. The summed E-state index contributed by atoms with van der Waals surface area (Å²) in [5.74, 6) is 1.36. The van der Waals surface area contributed by atoms with Crippen LogP contribution in [0.5, 0.6) is 0 Å². The van der Waals surface area contributed by atoms with Crippen LogP contribution in [-0.2, 0) is 6.54 Å². The van der Waals surface area contributed by atoms with Gasteiger partial charge in [-0.3, -0.25) is 4.98 Å². The van der Waals surface area contributed by atoms with E-state index in [1.165, 1.54) is 11.1 Å². The number of aromatic nitrogens is 3. The minimum absolute atomic E-state index is 0.582. The van der Waals surface area contributed by atoms with Gasteiger partial charge in [-0.2, -0.15) is 4.98 Å². The van der Waals surface area contributed by atoms with E-state index in [1.807, 2.05) is 30.3 Å². The quantitative estimate of drug-likeness (QED) is 0.750. The van der Waals surface area contributed by atoms with E-state index >= 15 is 0 Å². The van der Waals surface area contributed by atoms with Crippen LogP contribution < -0.4 is 10.6 Å². The van der Waals surface area contributed by atoms with Gasteiger partial charge in [-0.1, -0.05) is 12.1 Å². The normalized spacial score (nSPS) is 10.3. The molecule has 2 N–H and O–H groups in total. The van der Waals surface area contributed by atoms with Gasteiger partial charge in [0.1, 0.15) is 5.82 Å². The molecule has 23 heavy (non-hydrogen) atoms. The molecule has 116 valence electrons. The first-order valence-electron chi connectivity index (χ1n) is 7.51. The van der Waals surface area contributed by atoms with E-state index in [1.54, 1.807) is 18.6 Å². The minimum Gasteiger partial charge on any atom is -0.366 e. The van der Waals surface area contributed by atoms with Crippen LogP contribution in [0.3, 0.4) is 0 Å². The van der Waals surface area contributed by atoms with Crippen molar-refractivity contribution in [1.29, 1.82) is 0 Å². The summed E-state index contributed by atoms with van der Waals surface area (Å²) in [7, 11) is 0. The molecule has 0 atom stereocenters. The van der Waals surface area contributed by atoms with Gasteiger partial charge in [-0.05, 0) is 54.8 Å². The molecule has 0 aliphatic rings. The predicted octanol–water partition coefficient (Wildman–Crippen LogP) is 3.84. The van der Waals surface area contributed by atoms with Crippen molar-refractivity contribution in [2.24, 2.45) is 0 Å². The number of aryl methyl sites for hydroxylation is 1. The third-order valence-electron chi connectivity index (χ3n) is 3.73. The molecule has 1 aromatic carbocycles. The summed E-state index contributed by atoms with van der Waals surface area (Å²) in [6.45, 7) is 4.87. The van der Waals surface area contributed by atoms with Crippen molar-refractivity contribution < 1.29 is 0 Å². The summed E-state index contributed by atoms with van der Waals surface area (Å²) in [5, 5.41) is 6.57. The molecule has 0 unspecified atom stereocenters. The zero-order valence-electron chi connectivity index (χ0n) is 13.2. The molecule has 0 radical (unpaired) electrons. The molecule has 0 spiro atoms. The van der Waals surface area contributed by atoms with Gasteiger partial charge in [0, 0.05) is 30.8 Å². The van der Waals surface area contributed by atoms with Crippen molar-refractivity contribution >= 4 is 17.5 Å². The number of nitrogens with zero attached hydrogens (tertiary/aromatic N) is 3. The third-order valence-corrected chi connectivity index (χ3v) is 3.73. The zero-order chi connectivity index (χ0) is 16.1. The maximum absolute atomic E-state index is 4.50. The summed E-state index contributed by atoms with van der Waals surface area (Å²) in [5.41, 5.74) is 4.62. The highest BCUT2D eigenvalue weighted by Crippen LogP contribution is 2.21. The zero-order valence-corrected chi connectivity index (χ0v) is 13.2. The Labute approximate surface area is 135 Å². The van der Waals surface area contributed by atoms with E-state index in [0.717, 1.165) is 17.1 Å². The minimum atomic E-state index is 0.582. The van der Waals surface area contributed by atoms with E-state index in [-0.39, 0.29) is 0 Å². The van der Waals surface area contributed by atoms with Crippen LogP contribution >= 0.6 is 0 Å². The second-order valence-corrected chi connectivity index (χ2v) is 5.35. The van der Waals surface area contributed by atoms with Gasteiger partial charge in [0.2, 0.25) is 5.95 Å². The summed E-state index contributed by atoms with van der Waals surface area (Å²) in [6, 6.07) is 12.0. The highest BCUT2D eigenvalue weighted by Gasteiger charge is 2.04. The van der Waals surface area contributed by atoms with Crippen LogP contribution in [0.4, 0.5) is 17.5 Å². The van der Waals surface area contributed by atoms with Crippen molar-refractivity contribution in [1.82, 2.24) is 15.0 Å². The van der Waals surface area contributed by atoms with Gasteiger partial charge in [0.05, 0.1) is 0 Å². The summed E-state index contributed by atoms with van der Waals surface area (Å²) in [6.07, 6.45) is 5.31. The van der Waals surface area contributed by atoms with Crippen molar-refractivity contribution in [3.05, 3.63) is 71.7 Å². The highest BCUT2D eigenvalue weighted by molar-refractivity contribution is 5.60. The molecule has 0 aliphatic heterocycles. The van der Waals surface area contributed by atoms with Crippen molar-refractivity contribution in [2.45, 2.75) is 20.4 Å². The van der Waals surface area contributed by atoms with Crippen LogP contribution in [0.1, 0.15) is 16.7 Å². The summed E-state index contributed by atoms with van der Waals surface area (Å²) >= 11 is 0. The average Bonchev–Trinajstić information content (AvgIpc) is 2.59. The SMILES string of the molecule is Cc1cccc(Nc2nccc(NCc3ccncc3)n2)c1C. The summed E-state index contributed by atoms with van der Waals surface area (Å²) in [4.78, 5) is 12.8. The van der Waals surface area contributed by atoms with Gasteiger partial charge in [-0.25, -0.2) is 4.98 Å². The Hall–Kier alpha value is -2.95. The van der Waals surface area contributed by atoms with E-state index in [2.05, 4.69) is 45.5 Å². The Morgan fingerprint density at radius 1 is 0.957 bits per heavy atom. The molecule has 3 aromatic rings. The Kier molecular flexibility index (Phi) is 4.47. The molecule has 2 aromatic heterocycles. The van der Waals surface area contributed by atoms with E-state index in [0.29, 0.717) is 12.5 Å². The number of pyridine rings is 1. The third kappa shape index (κ3) is 3.83. The molecule has 0 saturated carbocycles. The number of rotatable bonds is 5. The maximum Gasteiger partial charge on any atom is 0.229 e. The van der Waals surface area contributed by atoms with E-state index < -0.39 is 0 Å². The number of hydrogen-bond acceptors (Lipinski definition) is 5. The molecule has 5 heteroatoms. The monoisotopic (exact) mass is 305 g/mol. The Bertz CT molecular complexity index is 786. The smallest absolute Gasteiger partial charge is 0.229 e. The lowest BCUT2D eigenvalue weighted by molar-refractivity contribution is 1.07. The first-order valence-corrected chi connectivity index (χ1v) is 7.51. The van der Waals surface area contributed by atoms with Crippen LogP contribution in [0, 0.1) is 13.8 Å². The van der Waals surface area contributed by atoms with Gasteiger partial charge in [-0.15, -0.1) is 0 Å². The molecular weight excluding hydrogens is 286 g/mol. The number of benzene rings is 1. The molecule has 3 rings (SSSR count). The lowest BCUT2D eigenvalue weighted by Gasteiger charge is -2.11. The van der Waals surface area contributed by atoms with E-state index in [4.69, 9.17) is 0 Å². The Balaban J connectivity index is 1.71. The number of nitrogens with one attached hydrogen (secondary N) is 2. The maximum atomic E-state index is 4.50. The van der Waals surface area contributed by atoms with Crippen LogP contribution in [0.25, 0.3) is 0 Å². The second-order valence-electron chi connectivity index (χ2n) is 5.35. The van der Waals surface area contributed by atoms with Crippen LogP contribution in [-0.4, -0.2) is 15.0 Å². The molecule has 5 nitrogen and oxygen atoms in total. The van der Waals surface area contributed by atoms with Gasteiger partial charge in [0.25, 0.3) is 0 Å². The van der Waals surface area contributed by atoms with Gasteiger partial charge < -0.3 is 10.6 Å². The highest BCUT2D eigenvalue weighted by atomic mass is 15.1. The molecule has 2 heterocycles. The fraction of sp³-hybridized carbons (Fsp3) is 0.167. The lowest BCUT2D eigenvalue weighted by atomic mass is 10.1. The second kappa shape index (κ2) is 6.87. The lowest BCUT2D eigenvalue weighted by Crippen LogP contribution is -2.05. The van der Waals surface area contributed by atoms with Crippen molar-refractivity contribution in [3.8, 4) is 0 Å². The topological polar surface area (TPSA) is 62.7 Å².